The lowest BCUT2D eigenvalue weighted by molar-refractivity contribution is 0.251. The third-order valence-electron chi connectivity index (χ3n) is 2.75. The first-order valence-corrected chi connectivity index (χ1v) is 7.71. The van der Waals surface area contributed by atoms with Crippen molar-refractivity contribution in [2.24, 2.45) is 0 Å². The number of hydrogen-bond acceptors (Lipinski definition) is 2. The van der Waals surface area contributed by atoms with Crippen molar-refractivity contribution in [3.63, 3.8) is 0 Å². The summed E-state index contributed by atoms with van der Waals surface area (Å²) in [5.41, 5.74) is 1.65. The van der Waals surface area contributed by atoms with E-state index in [9.17, 15) is 4.79 Å². The van der Waals surface area contributed by atoms with Crippen LogP contribution < -0.4 is 10.6 Å². The molecule has 104 valence electrons. The number of amides is 2. The predicted octanol–water partition coefficient (Wildman–Crippen LogP) is 4.38. The molecule has 20 heavy (non-hydrogen) atoms. The lowest BCUT2D eigenvalue weighted by Gasteiger charge is -2.09. The Balaban J connectivity index is 1.87. The number of thioether (sulfide) groups is 1. The zero-order chi connectivity index (χ0) is 14.4. The monoisotopic (exact) mass is 306 g/mol. The van der Waals surface area contributed by atoms with E-state index in [-0.39, 0.29) is 6.03 Å². The van der Waals surface area contributed by atoms with E-state index in [1.807, 2.05) is 48.7 Å². The summed E-state index contributed by atoms with van der Waals surface area (Å²) in [7, 11) is 0. The van der Waals surface area contributed by atoms with Gasteiger partial charge in [0.25, 0.3) is 0 Å². The van der Waals surface area contributed by atoms with Gasteiger partial charge >= 0.3 is 6.03 Å². The topological polar surface area (TPSA) is 41.1 Å². The van der Waals surface area contributed by atoms with E-state index in [0.717, 1.165) is 16.1 Å². The minimum atomic E-state index is -0.248. The molecule has 0 fully saturated rings. The van der Waals surface area contributed by atoms with Crippen LogP contribution in [0.1, 0.15) is 5.56 Å². The molecule has 0 bridgehead atoms. The molecule has 2 N–H and O–H groups in total. The summed E-state index contributed by atoms with van der Waals surface area (Å²) in [6.45, 7) is 0.397. The summed E-state index contributed by atoms with van der Waals surface area (Å²) in [4.78, 5) is 12.9. The van der Waals surface area contributed by atoms with E-state index in [4.69, 9.17) is 11.6 Å². The fourth-order valence-electron chi connectivity index (χ4n) is 1.67. The Morgan fingerprint density at radius 1 is 1.15 bits per heavy atom. The van der Waals surface area contributed by atoms with E-state index in [0.29, 0.717) is 11.6 Å². The van der Waals surface area contributed by atoms with Gasteiger partial charge in [-0.2, -0.15) is 0 Å². The van der Waals surface area contributed by atoms with Crippen LogP contribution in [0.5, 0.6) is 0 Å². The number of benzene rings is 2. The smallest absolute Gasteiger partial charge is 0.319 e. The van der Waals surface area contributed by atoms with Crippen LogP contribution in [0.25, 0.3) is 0 Å². The molecule has 2 rings (SSSR count). The molecule has 0 saturated heterocycles. The van der Waals surface area contributed by atoms with E-state index < -0.39 is 0 Å². The maximum Gasteiger partial charge on any atom is 0.319 e. The molecule has 2 aromatic carbocycles. The van der Waals surface area contributed by atoms with Crippen LogP contribution in [0, 0.1) is 0 Å². The van der Waals surface area contributed by atoms with Gasteiger partial charge in [-0.1, -0.05) is 29.8 Å². The summed E-state index contributed by atoms with van der Waals surface area (Å²) in [5, 5.41) is 6.21. The highest BCUT2D eigenvalue weighted by Gasteiger charge is 2.03. The summed E-state index contributed by atoms with van der Waals surface area (Å²) < 4.78 is 0. The Kier molecular flexibility index (Phi) is 5.32. The normalized spacial score (nSPS) is 10.1. The Bertz CT molecular complexity index is 587. The van der Waals surface area contributed by atoms with E-state index in [1.165, 1.54) is 0 Å². The maximum absolute atomic E-state index is 11.8. The van der Waals surface area contributed by atoms with Crippen LogP contribution in [-0.2, 0) is 6.54 Å². The molecule has 5 heteroatoms. The van der Waals surface area contributed by atoms with Crippen LogP contribution in [0.3, 0.4) is 0 Å². The minimum absolute atomic E-state index is 0.248. The number of halogens is 1. The van der Waals surface area contributed by atoms with Crippen LogP contribution in [-0.4, -0.2) is 12.3 Å². The molecule has 0 aliphatic carbocycles. The second-order valence-electron chi connectivity index (χ2n) is 4.13. The second kappa shape index (κ2) is 7.22. The van der Waals surface area contributed by atoms with Crippen LogP contribution in [0.15, 0.2) is 53.4 Å². The maximum atomic E-state index is 11.8. The van der Waals surface area contributed by atoms with Gasteiger partial charge in [-0.05, 0) is 42.2 Å². The molecule has 3 nitrogen and oxygen atoms in total. The van der Waals surface area contributed by atoms with Crippen molar-refractivity contribution < 1.29 is 4.79 Å². The van der Waals surface area contributed by atoms with E-state index in [2.05, 4.69) is 10.6 Å². The molecule has 0 spiro atoms. The van der Waals surface area contributed by atoms with E-state index >= 15 is 0 Å². The molecule has 0 atom stereocenters. The summed E-state index contributed by atoms with van der Waals surface area (Å²) in [6, 6.07) is 14.9. The van der Waals surface area contributed by atoms with Crippen molar-refractivity contribution in [2.75, 3.05) is 11.6 Å². The average Bonchev–Trinajstić information content (AvgIpc) is 2.47. The number of carbonyl (C=O) groups is 1. The molecular formula is C15H15ClN2OS. The van der Waals surface area contributed by atoms with Gasteiger partial charge in [0.1, 0.15) is 0 Å². The molecule has 2 amide bonds. The summed E-state index contributed by atoms with van der Waals surface area (Å²) >= 11 is 7.69. The van der Waals surface area contributed by atoms with Gasteiger partial charge in [0.2, 0.25) is 0 Å². The highest BCUT2D eigenvalue weighted by molar-refractivity contribution is 7.98. The number of hydrogen-bond donors (Lipinski definition) is 2. The lowest BCUT2D eigenvalue weighted by atomic mass is 10.2. The Labute approximate surface area is 127 Å². The lowest BCUT2D eigenvalue weighted by Crippen LogP contribution is -2.28. The van der Waals surface area contributed by atoms with Crippen molar-refractivity contribution >= 4 is 35.1 Å². The number of anilines is 1. The first-order valence-electron chi connectivity index (χ1n) is 6.11. The van der Waals surface area contributed by atoms with Gasteiger partial charge in [-0.3, -0.25) is 0 Å². The molecule has 0 unspecified atom stereocenters. The molecular weight excluding hydrogens is 292 g/mol. The second-order valence-corrected chi connectivity index (χ2v) is 5.41. The molecule has 2 aromatic rings. The van der Waals surface area contributed by atoms with E-state index in [1.54, 1.807) is 17.8 Å². The highest BCUT2D eigenvalue weighted by Crippen LogP contribution is 2.17. The Hall–Kier alpha value is -1.65. The first kappa shape index (κ1) is 14.8. The number of urea groups is 1. The highest BCUT2D eigenvalue weighted by atomic mass is 35.5. The van der Waals surface area contributed by atoms with Crippen molar-refractivity contribution in [1.82, 2.24) is 5.32 Å². The molecule has 0 heterocycles. The van der Waals surface area contributed by atoms with Crippen molar-refractivity contribution in [3.05, 3.63) is 59.1 Å². The minimum Gasteiger partial charge on any atom is -0.334 e. The van der Waals surface area contributed by atoms with Gasteiger partial charge < -0.3 is 10.6 Å². The Morgan fingerprint density at radius 2 is 1.85 bits per heavy atom. The van der Waals surface area contributed by atoms with Crippen LogP contribution in [0.2, 0.25) is 5.02 Å². The third-order valence-corrected chi connectivity index (χ3v) is 3.86. The number of carbonyl (C=O) groups excluding carboxylic acids is 1. The summed E-state index contributed by atoms with van der Waals surface area (Å²) in [6.07, 6.45) is 2.01. The average molecular weight is 307 g/mol. The van der Waals surface area contributed by atoms with Crippen LogP contribution >= 0.6 is 23.4 Å². The first-order chi connectivity index (χ1) is 9.69. The zero-order valence-electron chi connectivity index (χ0n) is 11.0. The van der Waals surface area contributed by atoms with Gasteiger partial charge in [0, 0.05) is 22.2 Å². The molecule has 0 radical (unpaired) electrons. The fraction of sp³-hybridized carbons (Fsp3) is 0.133. The Morgan fingerprint density at radius 3 is 2.50 bits per heavy atom. The molecule has 0 aromatic heterocycles. The van der Waals surface area contributed by atoms with Gasteiger partial charge in [-0.25, -0.2) is 4.79 Å². The van der Waals surface area contributed by atoms with Crippen molar-refractivity contribution in [1.29, 1.82) is 0 Å². The number of rotatable bonds is 4. The standard InChI is InChI=1S/C15H15ClN2OS/c1-20-13-8-6-12(7-9-13)18-15(19)17-10-11-4-2-3-5-14(11)16/h2-9H,10H2,1H3,(H2,17,18,19). The fourth-order valence-corrected chi connectivity index (χ4v) is 2.28. The third kappa shape index (κ3) is 4.18. The quantitative estimate of drug-likeness (QED) is 0.823. The van der Waals surface area contributed by atoms with Crippen LogP contribution in [0.4, 0.5) is 10.5 Å². The summed E-state index contributed by atoms with van der Waals surface area (Å²) in [5.74, 6) is 0. The predicted molar refractivity (Wildman–Crippen MR) is 85.5 cm³/mol. The molecule has 0 saturated carbocycles. The molecule has 0 aliphatic rings. The van der Waals surface area contributed by atoms with Crippen molar-refractivity contribution in [3.8, 4) is 0 Å². The zero-order valence-corrected chi connectivity index (χ0v) is 12.6. The van der Waals surface area contributed by atoms with Gasteiger partial charge in [-0.15, -0.1) is 11.8 Å². The number of nitrogens with one attached hydrogen (secondary N) is 2. The van der Waals surface area contributed by atoms with Gasteiger partial charge in [0.15, 0.2) is 0 Å². The van der Waals surface area contributed by atoms with Crippen molar-refractivity contribution in [2.45, 2.75) is 11.4 Å². The molecule has 0 aliphatic heterocycles. The SMILES string of the molecule is CSc1ccc(NC(=O)NCc2ccccc2Cl)cc1. The van der Waals surface area contributed by atoms with Gasteiger partial charge in [0.05, 0.1) is 0 Å². The largest absolute Gasteiger partial charge is 0.334 e.